The van der Waals surface area contributed by atoms with Crippen LogP contribution in [0.5, 0.6) is 5.75 Å². The molecule has 2 nitrogen and oxygen atoms in total. The standard InChI is InChI=1S/C25H28O2/c1-25-14-13-21-20-10-8-19(27-16-17-5-3-2-4-6-17)15-18(20)7-9-22(21)23(25)11-12-24(25)26/h2-6,8,10-12,15,21-24,26H,7,9,13-14,16H2,1H3. The highest BCUT2D eigenvalue weighted by Crippen LogP contribution is 2.58. The lowest BCUT2D eigenvalue weighted by atomic mass is 9.55. The fraction of sp³-hybridized carbons (Fsp3) is 0.440. The quantitative estimate of drug-likeness (QED) is 0.757. The monoisotopic (exact) mass is 360 g/mol. The summed E-state index contributed by atoms with van der Waals surface area (Å²) in [4.78, 5) is 0. The van der Waals surface area contributed by atoms with E-state index >= 15 is 0 Å². The van der Waals surface area contributed by atoms with Crippen LogP contribution in [0.2, 0.25) is 0 Å². The summed E-state index contributed by atoms with van der Waals surface area (Å²) in [5.41, 5.74) is 4.24. The molecule has 3 aliphatic carbocycles. The Morgan fingerprint density at radius 3 is 2.78 bits per heavy atom. The van der Waals surface area contributed by atoms with E-state index in [1.165, 1.54) is 29.5 Å². The van der Waals surface area contributed by atoms with Gasteiger partial charge in [-0.25, -0.2) is 0 Å². The van der Waals surface area contributed by atoms with Crippen molar-refractivity contribution in [1.29, 1.82) is 0 Å². The number of aliphatic hydroxyl groups excluding tert-OH is 1. The Balaban J connectivity index is 1.35. The molecule has 1 N–H and O–H groups in total. The summed E-state index contributed by atoms with van der Waals surface area (Å²) >= 11 is 0. The van der Waals surface area contributed by atoms with Gasteiger partial charge in [-0.15, -0.1) is 0 Å². The van der Waals surface area contributed by atoms with Crippen LogP contribution in [-0.4, -0.2) is 11.2 Å². The fourth-order valence-electron chi connectivity index (χ4n) is 5.82. The predicted molar refractivity (Wildman–Crippen MR) is 108 cm³/mol. The second-order valence-electron chi connectivity index (χ2n) is 8.84. The zero-order chi connectivity index (χ0) is 18.4. The van der Waals surface area contributed by atoms with Crippen LogP contribution in [0, 0.1) is 17.3 Å². The molecule has 5 unspecified atom stereocenters. The zero-order valence-electron chi connectivity index (χ0n) is 16.0. The van der Waals surface area contributed by atoms with Gasteiger partial charge in [0.15, 0.2) is 0 Å². The lowest BCUT2D eigenvalue weighted by molar-refractivity contribution is -0.0101. The predicted octanol–water partition coefficient (Wildman–Crippen LogP) is 5.26. The summed E-state index contributed by atoms with van der Waals surface area (Å²) in [6, 6.07) is 17.1. The van der Waals surface area contributed by atoms with Crippen LogP contribution in [0.25, 0.3) is 0 Å². The van der Waals surface area contributed by atoms with E-state index in [9.17, 15) is 5.11 Å². The number of fused-ring (bicyclic) bond motifs is 5. The van der Waals surface area contributed by atoms with Crippen LogP contribution in [-0.2, 0) is 13.0 Å². The van der Waals surface area contributed by atoms with Gasteiger partial charge in [0.05, 0.1) is 6.10 Å². The second kappa shape index (κ2) is 6.53. The van der Waals surface area contributed by atoms with Crippen molar-refractivity contribution < 1.29 is 9.84 Å². The summed E-state index contributed by atoms with van der Waals surface area (Å²) in [7, 11) is 0. The molecule has 2 aromatic rings. The van der Waals surface area contributed by atoms with Gasteiger partial charge in [0.2, 0.25) is 0 Å². The van der Waals surface area contributed by atoms with E-state index in [2.05, 4.69) is 55.5 Å². The minimum Gasteiger partial charge on any atom is -0.489 e. The van der Waals surface area contributed by atoms with E-state index < -0.39 is 0 Å². The Morgan fingerprint density at radius 2 is 1.93 bits per heavy atom. The third kappa shape index (κ3) is 2.82. The molecule has 140 valence electrons. The number of rotatable bonds is 3. The number of benzene rings is 2. The Kier molecular flexibility index (Phi) is 4.12. The van der Waals surface area contributed by atoms with Crippen molar-refractivity contribution in [3.8, 4) is 5.75 Å². The van der Waals surface area contributed by atoms with Gasteiger partial charge >= 0.3 is 0 Å². The van der Waals surface area contributed by atoms with Crippen LogP contribution in [0.15, 0.2) is 60.7 Å². The molecule has 0 aliphatic heterocycles. The second-order valence-corrected chi connectivity index (χ2v) is 8.84. The van der Waals surface area contributed by atoms with E-state index in [0.717, 1.165) is 18.6 Å². The summed E-state index contributed by atoms with van der Waals surface area (Å²) in [5, 5.41) is 10.5. The molecular weight excluding hydrogens is 332 g/mol. The SMILES string of the molecule is CC12CCC3c4ccc(OCc5ccccc5)cc4CCC3C1C=CC2O. The van der Waals surface area contributed by atoms with Crippen molar-refractivity contribution in [2.75, 3.05) is 0 Å². The molecule has 3 aliphatic rings. The van der Waals surface area contributed by atoms with Crippen molar-refractivity contribution >= 4 is 0 Å². The van der Waals surface area contributed by atoms with Gasteiger partial charge in [0.1, 0.15) is 12.4 Å². The van der Waals surface area contributed by atoms with Crippen LogP contribution >= 0.6 is 0 Å². The summed E-state index contributed by atoms with van der Waals surface area (Å²) in [6.07, 6.45) is 8.73. The molecule has 5 atom stereocenters. The molecule has 0 radical (unpaired) electrons. The first-order valence-electron chi connectivity index (χ1n) is 10.3. The summed E-state index contributed by atoms with van der Waals surface area (Å²) in [5.74, 6) is 2.80. The van der Waals surface area contributed by atoms with Crippen LogP contribution < -0.4 is 4.74 Å². The van der Waals surface area contributed by atoms with Gasteiger partial charge in [-0.1, -0.05) is 55.5 Å². The Bertz CT molecular complexity index is 856. The van der Waals surface area contributed by atoms with E-state index in [4.69, 9.17) is 4.74 Å². The smallest absolute Gasteiger partial charge is 0.120 e. The number of hydrogen-bond donors (Lipinski definition) is 1. The topological polar surface area (TPSA) is 29.5 Å². The molecule has 27 heavy (non-hydrogen) atoms. The lowest BCUT2D eigenvalue weighted by Gasteiger charge is -2.50. The molecule has 2 heteroatoms. The molecule has 0 heterocycles. The van der Waals surface area contributed by atoms with E-state index in [-0.39, 0.29) is 11.5 Å². The Labute approximate surface area is 161 Å². The van der Waals surface area contributed by atoms with E-state index in [1.54, 1.807) is 0 Å². The number of ether oxygens (including phenoxy) is 1. The van der Waals surface area contributed by atoms with Crippen molar-refractivity contribution in [2.24, 2.45) is 17.3 Å². The Morgan fingerprint density at radius 1 is 1.07 bits per heavy atom. The molecule has 1 fully saturated rings. The van der Waals surface area contributed by atoms with Crippen molar-refractivity contribution in [1.82, 2.24) is 0 Å². The zero-order valence-corrected chi connectivity index (χ0v) is 16.0. The molecule has 2 aromatic carbocycles. The molecular formula is C25H28O2. The maximum Gasteiger partial charge on any atom is 0.120 e. The highest BCUT2D eigenvalue weighted by atomic mass is 16.5. The molecule has 0 saturated heterocycles. The number of aliphatic hydroxyl groups is 1. The maximum atomic E-state index is 10.5. The highest BCUT2D eigenvalue weighted by molar-refractivity contribution is 5.41. The van der Waals surface area contributed by atoms with Crippen molar-refractivity contribution in [2.45, 2.75) is 51.2 Å². The van der Waals surface area contributed by atoms with Gasteiger partial charge < -0.3 is 9.84 Å². The first-order valence-corrected chi connectivity index (χ1v) is 10.3. The fourth-order valence-corrected chi connectivity index (χ4v) is 5.82. The molecule has 5 rings (SSSR count). The normalized spacial score (nSPS) is 33.9. The van der Waals surface area contributed by atoms with Gasteiger partial charge in [-0.3, -0.25) is 0 Å². The number of allylic oxidation sites excluding steroid dienone is 1. The molecule has 0 amide bonds. The van der Waals surface area contributed by atoms with Gasteiger partial charge in [-0.05, 0) is 72.3 Å². The molecule has 0 spiro atoms. The largest absolute Gasteiger partial charge is 0.489 e. The van der Waals surface area contributed by atoms with Crippen LogP contribution in [0.1, 0.15) is 48.8 Å². The van der Waals surface area contributed by atoms with Crippen molar-refractivity contribution in [3.05, 3.63) is 77.4 Å². The average molecular weight is 360 g/mol. The lowest BCUT2D eigenvalue weighted by Crippen LogP contribution is -2.44. The number of hydrogen-bond acceptors (Lipinski definition) is 2. The molecule has 1 saturated carbocycles. The van der Waals surface area contributed by atoms with Gasteiger partial charge in [0, 0.05) is 5.41 Å². The average Bonchev–Trinajstić information content (AvgIpc) is 3.01. The number of aryl methyl sites for hydroxylation is 1. The van der Waals surface area contributed by atoms with Gasteiger partial charge in [-0.2, -0.15) is 0 Å². The molecule has 0 bridgehead atoms. The molecule has 0 aromatic heterocycles. The van der Waals surface area contributed by atoms with Crippen molar-refractivity contribution in [3.63, 3.8) is 0 Å². The van der Waals surface area contributed by atoms with E-state index in [0.29, 0.717) is 24.4 Å². The van der Waals surface area contributed by atoms with Crippen LogP contribution in [0.4, 0.5) is 0 Å². The first-order chi connectivity index (χ1) is 13.1. The third-order valence-electron chi connectivity index (χ3n) is 7.42. The van der Waals surface area contributed by atoms with Gasteiger partial charge in [0.25, 0.3) is 0 Å². The minimum atomic E-state index is -0.265. The summed E-state index contributed by atoms with van der Waals surface area (Å²) in [6.45, 7) is 2.91. The maximum absolute atomic E-state index is 10.5. The summed E-state index contributed by atoms with van der Waals surface area (Å²) < 4.78 is 6.05. The Hall–Kier alpha value is -2.06. The third-order valence-corrected chi connectivity index (χ3v) is 7.42. The van der Waals surface area contributed by atoms with E-state index in [1.807, 2.05) is 12.1 Å². The highest BCUT2D eigenvalue weighted by Gasteiger charge is 2.52. The first kappa shape index (κ1) is 17.1. The minimum absolute atomic E-state index is 0.0530. The van der Waals surface area contributed by atoms with Crippen LogP contribution in [0.3, 0.4) is 0 Å².